The number of carbonyl (C=O) groups is 1. The van der Waals surface area contributed by atoms with Crippen LogP contribution in [0.5, 0.6) is 5.75 Å². The van der Waals surface area contributed by atoms with Crippen LogP contribution in [0.2, 0.25) is 0 Å². The van der Waals surface area contributed by atoms with Gasteiger partial charge in [0, 0.05) is 6.54 Å². The maximum absolute atomic E-state index is 11.0. The maximum Gasteiger partial charge on any atom is 0.339 e. The summed E-state index contributed by atoms with van der Waals surface area (Å²) in [5.74, 6) is 0.304. The van der Waals surface area contributed by atoms with Crippen molar-refractivity contribution in [3.63, 3.8) is 0 Å². The van der Waals surface area contributed by atoms with Crippen molar-refractivity contribution in [1.29, 1.82) is 0 Å². The summed E-state index contributed by atoms with van der Waals surface area (Å²) in [5, 5.41) is 12.4. The van der Waals surface area contributed by atoms with Gasteiger partial charge in [0.2, 0.25) is 0 Å². The Morgan fingerprint density at radius 2 is 2.05 bits per heavy atom. The minimum Gasteiger partial charge on any atom is -0.491 e. The van der Waals surface area contributed by atoms with Gasteiger partial charge in [-0.15, -0.1) is 0 Å². The first-order valence-corrected chi connectivity index (χ1v) is 6.93. The van der Waals surface area contributed by atoms with Crippen molar-refractivity contribution < 1.29 is 14.6 Å². The number of para-hydroxylation sites is 1. The lowest BCUT2D eigenvalue weighted by Crippen LogP contribution is -2.26. The largest absolute Gasteiger partial charge is 0.491 e. The lowest BCUT2D eigenvalue weighted by molar-refractivity contribution is 0.0692. The van der Waals surface area contributed by atoms with E-state index in [4.69, 9.17) is 9.84 Å². The Bertz CT molecular complexity index is 414. The highest BCUT2D eigenvalue weighted by atomic mass is 16.5. The molecule has 1 fully saturated rings. The molecule has 0 heterocycles. The molecule has 19 heavy (non-hydrogen) atoms. The third-order valence-electron chi connectivity index (χ3n) is 3.56. The van der Waals surface area contributed by atoms with Gasteiger partial charge in [-0.3, -0.25) is 0 Å². The molecule has 0 radical (unpaired) electrons. The van der Waals surface area contributed by atoms with E-state index in [-0.39, 0.29) is 5.56 Å². The molecule has 0 spiro atoms. The smallest absolute Gasteiger partial charge is 0.339 e. The van der Waals surface area contributed by atoms with Gasteiger partial charge in [0.25, 0.3) is 0 Å². The van der Waals surface area contributed by atoms with Crippen LogP contribution in [0, 0.1) is 5.92 Å². The molecular weight excluding hydrogens is 242 g/mol. The third-order valence-corrected chi connectivity index (χ3v) is 3.56. The van der Waals surface area contributed by atoms with Crippen molar-refractivity contribution in [2.45, 2.75) is 25.7 Å². The summed E-state index contributed by atoms with van der Waals surface area (Å²) in [6.07, 6.45) is 5.37. The highest BCUT2D eigenvalue weighted by Gasteiger charge is 2.14. The normalized spacial score (nSPS) is 15.6. The zero-order valence-corrected chi connectivity index (χ0v) is 11.1. The molecule has 4 heteroatoms. The molecule has 104 valence electrons. The summed E-state index contributed by atoms with van der Waals surface area (Å²) in [4.78, 5) is 11.0. The van der Waals surface area contributed by atoms with Gasteiger partial charge in [-0.1, -0.05) is 25.0 Å². The lowest BCUT2D eigenvalue weighted by atomic mass is 10.1. The quantitative estimate of drug-likeness (QED) is 0.742. The third kappa shape index (κ3) is 4.24. The molecule has 0 aromatic heterocycles. The van der Waals surface area contributed by atoms with Crippen molar-refractivity contribution in [1.82, 2.24) is 5.32 Å². The highest BCUT2D eigenvalue weighted by molar-refractivity contribution is 5.90. The average molecular weight is 263 g/mol. The Hall–Kier alpha value is -1.55. The fraction of sp³-hybridized carbons (Fsp3) is 0.533. The Kier molecular flexibility index (Phi) is 5.21. The molecular formula is C15H21NO3. The van der Waals surface area contributed by atoms with E-state index in [0.29, 0.717) is 12.4 Å². The van der Waals surface area contributed by atoms with Crippen molar-refractivity contribution >= 4 is 5.97 Å². The standard InChI is InChI=1S/C15H21NO3/c17-15(18)13-7-3-4-8-14(13)19-10-9-16-11-12-5-1-2-6-12/h3-4,7-8,12,16H,1-2,5-6,9-11H2,(H,17,18). The van der Waals surface area contributed by atoms with Crippen molar-refractivity contribution in [2.75, 3.05) is 19.7 Å². The highest BCUT2D eigenvalue weighted by Crippen LogP contribution is 2.23. The van der Waals surface area contributed by atoms with Crippen molar-refractivity contribution in [3.8, 4) is 5.75 Å². The summed E-state index contributed by atoms with van der Waals surface area (Å²) in [5.41, 5.74) is 0.221. The van der Waals surface area contributed by atoms with E-state index in [0.717, 1.165) is 19.0 Å². The minimum atomic E-state index is -0.950. The Balaban J connectivity index is 1.69. The molecule has 1 aromatic rings. The van der Waals surface area contributed by atoms with E-state index in [1.165, 1.54) is 25.7 Å². The summed E-state index contributed by atoms with van der Waals surface area (Å²) in [6, 6.07) is 6.74. The molecule has 1 saturated carbocycles. The molecule has 2 N–H and O–H groups in total. The fourth-order valence-electron chi connectivity index (χ4n) is 2.52. The number of aromatic carboxylic acids is 1. The van der Waals surface area contributed by atoms with Gasteiger partial charge in [0.15, 0.2) is 0 Å². The van der Waals surface area contributed by atoms with Crippen LogP contribution >= 0.6 is 0 Å². The second-order valence-corrected chi connectivity index (χ2v) is 5.00. The van der Waals surface area contributed by atoms with Crippen LogP contribution in [0.4, 0.5) is 0 Å². The molecule has 0 bridgehead atoms. The number of hydrogen-bond donors (Lipinski definition) is 2. The number of carboxylic acids is 1. The average Bonchev–Trinajstić information content (AvgIpc) is 2.92. The minimum absolute atomic E-state index is 0.221. The lowest BCUT2D eigenvalue weighted by Gasteiger charge is -2.12. The van der Waals surface area contributed by atoms with Crippen molar-refractivity contribution in [2.24, 2.45) is 5.92 Å². The topological polar surface area (TPSA) is 58.6 Å². The van der Waals surface area contributed by atoms with Crippen molar-refractivity contribution in [3.05, 3.63) is 29.8 Å². The number of ether oxygens (including phenoxy) is 1. The van der Waals surface area contributed by atoms with E-state index < -0.39 is 5.97 Å². The first kappa shape index (κ1) is 13.9. The molecule has 0 saturated heterocycles. The summed E-state index contributed by atoms with van der Waals surface area (Å²) >= 11 is 0. The molecule has 1 aromatic carbocycles. The SMILES string of the molecule is O=C(O)c1ccccc1OCCNCC1CCCC1. The van der Waals surface area contributed by atoms with Crippen LogP contribution in [0.1, 0.15) is 36.0 Å². The molecule has 0 unspecified atom stereocenters. The molecule has 1 aliphatic carbocycles. The molecule has 0 aliphatic heterocycles. The number of benzene rings is 1. The van der Waals surface area contributed by atoms with E-state index in [1.807, 2.05) is 0 Å². The van der Waals surface area contributed by atoms with E-state index in [2.05, 4.69) is 5.32 Å². The summed E-state index contributed by atoms with van der Waals surface area (Å²) < 4.78 is 5.52. The van der Waals surface area contributed by atoms with Gasteiger partial charge in [0.1, 0.15) is 17.9 Å². The first-order valence-electron chi connectivity index (χ1n) is 6.93. The first-order chi connectivity index (χ1) is 9.27. The van der Waals surface area contributed by atoms with E-state index >= 15 is 0 Å². The van der Waals surface area contributed by atoms with Gasteiger partial charge < -0.3 is 15.2 Å². The van der Waals surface area contributed by atoms with Crippen LogP contribution in [-0.2, 0) is 0 Å². The Morgan fingerprint density at radius 1 is 1.32 bits per heavy atom. The van der Waals surface area contributed by atoms with E-state index in [1.54, 1.807) is 24.3 Å². The summed E-state index contributed by atoms with van der Waals surface area (Å²) in [6.45, 7) is 2.30. The van der Waals surface area contributed by atoms with Crippen LogP contribution in [0.15, 0.2) is 24.3 Å². The Labute approximate surface area is 113 Å². The fourth-order valence-corrected chi connectivity index (χ4v) is 2.52. The van der Waals surface area contributed by atoms with Crippen LogP contribution in [0.25, 0.3) is 0 Å². The summed E-state index contributed by atoms with van der Waals surface area (Å²) in [7, 11) is 0. The van der Waals surface area contributed by atoms with Gasteiger partial charge in [-0.25, -0.2) is 4.79 Å². The predicted octanol–water partition coefficient (Wildman–Crippen LogP) is 2.54. The molecule has 4 nitrogen and oxygen atoms in total. The van der Waals surface area contributed by atoms with E-state index in [9.17, 15) is 4.79 Å². The molecule has 0 atom stereocenters. The van der Waals surface area contributed by atoms with Gasteiger partial charge in [-0.05, 0) is 37.4 Å². The second kappa shape index (κ2) is 7.14. The monoisotopic (exact) mass is 263 g/mol. The van der Waals surface area contributed by atoms with Crippen LogP contribution in [-0.4, -0.2) is 30.8 Å². The second-order valence-electron chi connectivity index (χ2n) is 5.00. The zero-order valence-electron chi connectivity index (χ0n) is 11.1. The molecule has 1 aliphatic rings. The van der Waals surface area contributed by atoms with Gasteiger partial charge >= 0.3 is 5.97 Å². The number of carboxylic acid groups (broad SMARTS) is 1. The molecule has 0 amide bonds. The molecule has 2 rings (SSSR count). The number of nitrogens with one attached hydrogen (secondary N) is 1. The maximum atomic E-state index is 11.0. The predicted molar refractivity (Wildman–Crippen MR) is 73.7 cm³/mol. The van der Waals surface area contributed by atoms with Gasteiger partial charge in [-0.2, -0.15) is 0 Å². The Morgan fingerprint density at radius 3 is 2.79 bits per heavy atom. The van der Waals surface area contributed by atoms with Crippen LogP contribution < -0.4 is 10.1 Å². The van der Waals surface area contributed by atoms with Gasteiger partial charge in [0.05, 0.1) is 0 Å². The number of hydrogen-bond acceptors (Lipinski definition) is 3. The number of rotatable bonds is 7. The van der Waals surface area contributed by atoms with Crippen LogP contribution in [0.3, 0.4) is 0 Å². The zero-order chi connectivity index (χ0) is 13.5.